The Labute approximate surface area is 146 Å². The van der Waals surface area contributed by atoms with Crippen LogP contribution in [0.3, 0.4) is 0 Å². The summed E-state index contributed by atoms with van der Waals surface area (Å²) < 4.78 is 5.17. The van der Waals surface area contributed by atoms with Crippen LogP contribution in [-0.2, 0) is 25.7 Å². The fourth-order valence-electron chi connectivity index (χ4n) is 3.31. The van der Waals surface area contributed by atoms with E-state index < -0.39 is 17.9 Å². The molecule has 2 heterocycles. The van der Waals surface area contributed by atoms with Crippen molar-refractivity contribution < 1.29 is 24.2 Å². The van der Waals surface area contributed by atoms with Crippen LogP contribution in [0.1, 0.15) is 17.5 Å². The van der Waals surface area contributed by atoms with Crippen LogP contribution in [0.2, 0.25) is 0 Å². The minimum absolute atomic E-state index is 0.00514. The van der Waals surface area contributed by atoms with Crippen LogP contribution < -0.4 is 0 Å². The maximum absolute atomic E-state index is 12.7. The van der Waals surface area contributed by atoms with Crippen molar-refractivity contribution in [2.45, 2.75) is 25.9 Å². The number of hydrogen-bond acceptors (Lipinski definition) is 4. The van der Waals surface area contributed by atoms with Gasteiger partial charge in [0.15, 0.2) is 6.04 Å². The maximum Gasteiger partial charge on any atom is 0.328 e. The second-order valence-corrected chi connectivity index (χ2v) is 6.62. The van der Waals surface area contributed by atoms with Crippen LogP contribution >= 0.6 is 0 Å². The van der Waals surface area contributed by atoms with Gasteiger partial charge in [-0.05, 0) is 12.5 Å². The minimum Gasteiger partial charge on any atom is -0.480 e. The highest BCUT2D eigenvalue weighted by atomic mass is 16.5. The molecule has 1 N–H and O–H groups in total. The van der Waals surface area contributed by atoms with Gasteiger partial charge in [-0.15, -0.1) is 0 Å². The van der Waals surface area contributed by atoms with Crippen LogP contribution in [0, 0.1) is 12.8 Å². The summed E-state index contributed by atoms with van der Waals surface area (Å²) in [6.07, 6.45) is 0.133. The van der Waals surface area contributed by atoms with Gasteiger partial charge < -0.3 is 19.6 Å². The largest absolute Gasteiger partial charge is 0.480 e. The number of carboxylic acid groups (broad SMARTS) is 1. The molecule has 0 spiro atoms. The third-order valence-corrected chi connectivity index (χ3v) is 4.75. The molecule has 1 aromatic carbocycles. The molecular formula is C18H22N2O5. The van der Waals surface area contributed by atoms with Crippen molar-refractivity contribution in [1.29, 1.82) is 0 Å². The van der Waals surface area contributed by atoms with E-state index in [4.69, 9.17) is 4.74 Å². The molecule has 2 aliphatic heterocycles. The van der Waals surface area contributed by atoms with E-state index in [9.17, 15) is 19.5 Å². The number of likely N-dealkylation sites (tertiary alicyclic amines) is 1. The molecule has 2 fully saturated rings. The molecule has 0 radical (unpaired) electrons. The van der Waals surface area contributed by atoms with E-state index in [1.54, 1.807) is 4.90 Å². The highest BCUT2D eigenvalue weighted by Gasteiger charge is 2.41. The topological polar surface area (TPSA) is 87.2 Å². The van der Waals surface area contributed by atoms with Gasteiger partial charge in [0.05, 0.1) is 19.1 Å². The van der Waals surface area contributed by atoms with E-state index in [0.29, 0.717) is 19.7 Å². The summed E-state index contributed by atoms with van der Waals surface area (Å²) in [4.78, 5) is 39.4. The van der Waals surface area contributed by atoms with Gasteiger partial charge in [0, 0.05) is 26.1 Å². The van der Waals surface area contributed by atoms with E-state index >= 15 is 0 Å². The highest BCUT2D eigenvalue weighted by molar-refractivity contribution is 5.91. The molecule has 25 heavy (non-hydrogen) atoms. The van der Waals surface area contributed by atoms with Gasteiger partial charge in [-0.2, -0.15) is 0 Å². The summed E-state index contributed by atoms with van der Waals surface area (Å²) in [5.41, 5.74) is 2.17. The minimum atomic E-state index is -1.08. The summed E-state index contributed by atoms with van der Waals surface area (Å²) in [6.45, 7) is 3.36. The lowest BCUT2D eigenvalue weighted by molar-refractivity contribution is -0.160. The number of rotatable bonds is 4. The molecule has 0 aromatic heterocycles. The summed E-state index contributed by atoms with van der Waals surface area (Å²) in [7, 11) is 0. The molecule has 3 rings (SSSR count). The predicted molar refractivity (Wildman–Crippen MR) is 88.7 cm³/mol. The SMILES string of the molecule is Cc1ccc(CN2C[C@H](C(=O)N3CCOC[C@@H]3C(=O)O)CC2=O)cc1. The Morgan fingerprint density at radius 2 is 2.00 bits per heavy atom. The Morgan fingerprint density at radius 3 is 2.68 bits per heavy atom. The van der Waals surface area contributed by atoms with Gasteiger partial charge >= 0.3 is 5.97 Å². The van der Waals surface area contributed by atoms with Crippen LogP contribution in [0.15, 0.2) is 24.3 Å². The number of hydrogen-bond donors (Lipinski definition) is 1. The normalized spacial score (nSPS) is 23.8. The molecular weight excluding hydrogens is 324 g/mol. The van der Waals surface area contributed by atoms with Crippen molar-refractivity contribution in [2.75, 3.05) is 26.3 Å². The second-order valence-electron chi connectivity index (χ2n) is 6.62. The summed E-state index contributed by atoms with van der Waals surface area (Å²) in [5.74, 6) is -1.90. The van der Waals surface area contributed by atoms with Gasteiger partial charge in [-0.1, -0.05) is 29.8 Å². The fraction of sp³-hybridized carbons (Fsp3) is 0.500. The average Bonchev–Trinajstić information content (AvgIpc) is 2.97. The molecule has 0 bridgehead atoms. The summed E-state index contributed by atoms with van der Waals surface area (Å²) in [6, 6.07) is 6.95. The third-order valence-electron chi connectivity index (χ3n) is 4.75. The second kappa shape index (κ2) is 7.23. The molecule has 2 atom stereocenters. The number of ether oxygens (including phenoxy) is 1. The summed E-state index contributed by atoms with van der Waals surface area (Å²) in [5, 5.41) is 9.27. The number of morpholine rings is 1. The van der Waals surface area contributed by atoms with Crippen molar-refractivity contribution in [3.05, 3.63) is 35.4 Å². The van der Waals surface area contributed by atoms with Crippen LogP contribution in [0.4, 0.5) is 0 Å². The van der Waals surface area contributed by atoms with Gasteiger partial charge in [0.2, 0.25) is 11.8 Å². The molecule has 2 amide bonds. The van der Waals surface area contributed by atoms with E-state index in [2.05, 4.69) is 0 Å². The van der Waals surface area contributed by atoms with Crippen molar-refractivity contribution >= 4 is 17.8 Å². The van der Waals surface area contributed by atoms with Crippen molar-refractivity contribution in [3.8, 4) is 0 Å². The lowest BCUT2D eigenvalue weighted by Crippen LogP contribution is -2.54. The molecule has 7 nitrogen and oxygen atoms in total. The van der Waals surface area contributed by atoms with Gasteiger partial charge in [0.25, 0.3) is 0 Å². The number of aliphatic carboxylic acids is 1. The number of amides is 2. The van der Waals surface area contributed by atoms with Gasteiger partial charge in [0.1, 0.15) is 0 Å². The first-order chi connectivity index (χ1) is 12.0. The average molecular weight is 346 g/mol. The zero-order valence-electron chi connectivity index (χ0n) is 14.2. The van der Waals surface area contributed by atoms with Crippen LogP contribution in [-0.4, -0.2) is 65.0 Å². The first-order valence-electron chi connectivity index (χ1n) is 8.40. The maximum atomic E-state index is 12.7. The number of benzene rings is 1. The fourth-order valence-corrected chi connectivity index (χ4v) is 3.31. The lowest BCUT2D eigenvalue weighted by Gasteiger charge is -2.34. The van der Waals surface area contributed by atoms with E-state index in [0.717, 1.165) is 11.1 Å². The van der Waals surface area contributed by atoms with Gasteiger partial charge in [-0.3, -0.25) is 9.59 Å². The molecule has 134 valence electrons. The molecule has 0 saturated carbocycles. The quantitative estimate of drug-likeness (QED) is 0.865. The zero-order chi connectivity index (χ0) is 18.0. The Balaban J connectivity index is 1.65. The molecule has 2 saturated heterocycles. The van der Waals surface area contributed by atoms with Crippen LogP contribution in [0.25, 0.3) is 0 Å². The Bertz CT molecular complexity index is 673. The van der Waals surface area contributed by atoms with E-state index in [1.807, 2.05) is 31.2 Å². The zero-order valence-corrected chi connectivity index (χ0v) is 14.2. The lowest BCUT2D eigenvalue weighted by atomic mass is 10.1. The van der Waals surface area contributed by atoms with Crippen molar-refractivity contribution in [3.63, 3.8) is 0 Å². The molecule has 0 aliphatic carbocycles. The smallest absolute Gasteiger partial charge is 0.328 e. The Kier molecular flexibility index (Phi) is 5.03. The molecule has 1 aromatic rings. The summed E-state index contributed by atoms with van der Waals surface area (Å²) >= 11 is 0. The molecule has 2 aliphatic rings. The van der Waals surface area contributed by atoms with Crippen molar-refractivity contribution in [2.24, 2.45) is 5.92 Å². The van der Waals surface area contributed by atoms with Crippen LogP contribution in [0.5, 0.6) is 0 Å². The first-order valence-corrected chi connectivity index (χ1v) is 8.40. The van der Waals surface area contributed by atoms with Gasteiger partial charge in [-0.25, -0.2) is 4.79 Å². The number of carbonyl (C=O) groups is 3. The van der Waals surface area contributed by atoms with E-state index in [-0.39, 0.29) is 31.4 Å². The Hall–Kier alpha value is -2.41. The predicted octanol–water partition coefficient (Wildman–Crippen LogP) is 0.656. The monoisotopic (exact) mass is 346 g/mol. The number of carboxylic acids is 1. The number of carbonyl (C=O) groups excluding carboxylic acids is 2. The molecule has 0 unspecified atom stereocenters. The number of aryl methyl sites for hydroxylation is 1. The molecule has 7 heteroatoms. The van der Waals surface area contributed by atoms with E-state index in [1.165, 1.54) is 4.90 Å². The highest BCUT2D eigenvalue weighted by Crippen LogP contribution is 2.24. The van der Waals surface area contributed by atoms with Crippen molar-refractivity contribution in [1.82, 2.24) is 9.80 Å². The Morgan fingerprint density at radius 1 is 1.28 bits per heavy atom. The number of nitrogens with zero attached hydrogens (tertiary/aromatic N) is 2. The third kappa shape index (κ3) is 3.82. The standard InChI is InChI=1S/C18H22N2O5/c1-12-2-4-13(5-3-12)9-19-10-14(8-16(19)21)17(22)20-6-7-25-11-15(20)18(23)24/h2-5,14-15H,6-11H2,1H3,(H,23,24)/t14-,15-/m1/s1. The first kappa shape index (κ1) is 17.4.